The van der Waals surface area contributed by atoms with Crippen molar-refractivity contribution in [2.24, 2.45) is 0 Å². The molecule has 92 valence electrons. The topological polar surface area (TPSA) is 127 Å². The van der Waals surface area contributed by atoms with Crippen molar-refractivity contribution in [2.45, 2.75) is 13.8 Å². The van der Waals surface area contributed by atoms with Crippen LogP contribution in [0.3, 0.4) is 0 Å². The van der Waals surface area contributed by atoms with Gasteiger partial charge in [-0.3, -0.25) is 9.59 Å². The molecule has 0 aliphatic heterocycles. The quantitative estimate of drug-likeness (QED) is 0.378. The van der Waals surface area contributed by atoms with E-state index in [1.807, 2.05) is 0 Å². The number of rotatable bonds is 4. The lowest BCUT2D eigenvalue weighted by Gasteiger charge is -1.94. The highest BCUT2D eigenvalue weighted by Gasteiger charge is 1.78. The first-order valence-corrected chi connectivity index (χ1v) is 4.20. The van der Waals surface area contributed by atoms with Crippen LogP contribution in [0.2, 0.25) is 0 Å². The van der Waals surface area contributed by atoms with Crippen molar-refractivity contribution in [1.82, 2.24) is 5.32 Å². The Labute approximate surface area is 88.4 Å². The van der Waals surface area contributed by atoms with Gasteiger partial charge in [0.2, 0.25) is 0 Å². The van der Waals surface area contributed by atoms with Gasteiger partial charge in [0.05, 0.1) is 13.2 Å². The van der Waals surface area contributed by atoms with Crippen LogP contribution in [0.4, 0.5) is 0 Å². The first-order chi connectivity index (χ1) is 6.88. The third-order valence-electron chi connectivity index (χ3n) is 0.577. The predicted octanol–water partition coefficient (Wildman–Crippen LogP) is -1.26. The molecule has 0 saturated carbocycles. The van der Waals surface area contributed by atoms with E-state index in [4.69, 9.17) is 30.0 Å². The molecule has 0 spiro atoms. The summed E-state index contributed by atoms with van der Waals surface area (Å²) in [5.74, 6) is -1.67. The van der Waals surface area contributed by atoms with Crippen LogP contribution < -0.4 is 5.32 Å². The number of aliphatic carboxylic acids is 2. The fourth-order valence-electron chi connectivity index (χ4n) is 0.283. The van der Waals surface area contributed by atoms with E-state index >= 15 is 0 Å². The second kappa shape index (κ2) is 18.6. The van der Waals surface area contributed by atoms with E-state index in [-0.39, 0.29) is 13.2 Å². The van der Waals surface area contributed by atoms with Gasteiger partial charge in [0.25, 0.3) is 11.9 Å². The van der Waals surface area contributed by atoms with Crippen LogP contribution in [0.5, 0.6) is 0 Å². The molecule has 0 bridgehead atoms. The number of hydrogen-bond acceptors (Lipinski definition) is 5. The number of carboxylic acid groups (broad SMARTS) is 2. The lowest BCUT2D eigenvalue weighted by Crippen LogP contribution is -2.21. The van der Waals surface area contributed by atoms with Gasteiger partial charge in [-0.15, -0.1) is 0 Å². The Hall–Kier alpha value is -1.18. The maximum atomic E-state index is 9.00. The minimum Gasteiger partial charge on any atom is -0.481 e. The van der Waals surface area contributed by atoms with Crippen LogP contribution >= 0.6 is 0 Å². The molecule has 0 atom stereocenters. The molecule has 15 heavy (non-hydrogen) atoms. The zero-order valence-electron chi connectivity index (χ0n) is 8.93. The molecule has 7 heteroatoms. The molecule has 0 aliphatic rings. The van der Waals surface area contributed by atoms with Gasteiger partial charge in [-0.05, 0) is 0 Å². The van der Waals surface area contributed by atoms with Crippen molar-refractivity contribution in [3.63, 3.8) is 0 Å². The average Bonchev–Trinajstić information content (AvgIpc) is 2.03. The summed E-state index contributed by atoms with van der Waals surface area (Å²) in [6.07, 6.45) is 0. The Bertz CT molecular complexity index is 126. The maximum absolute atomic E-state index is 9.00. The van der Waals surface area contributed by atoms with Crippen LogP contribution in [0.15, 0.2) is 0 Å². The Morgan fingerprint density at radius 3 is 1.27 bits per heavy atom. The van der Waals surface area contributed by atoms with E-state index in [1.54, 1.807) is 0 Å². The number of hydrogen-bond donors (Lipinski definition) is 5. The van der Waals surface area contributed by atoms with E-state index in [1.165, 1.54) is 0 Å². The fourth-order valence-corrected chi connectivity index (χ4v) is 0.283. The summed E-state index contributed by atoms with van der Waals surface area (Å²) < 4.78 is 0. The average molecular weight is 225 g/mol. The smallest absolute Gasteiger partial charge is 0.300 e. The summed E-state index contributed by atoms with van der Waals surface area (Å²) in [5.41, 5.74) is 0. The van der Waals surface area contributed by atoms with Crippen LogP contribution in [0, 0.1) is 0 Å². The van der Waals surface area contributed by atoms with Crippen molar-refractivity contribution in [2.75, 3.05) is 26.3 Å². The van der Waals surface area contributed by atoms with Crippen molar-refractivity contribution >= 4 is 11.9 Å². The zero-order chi connectivity index (χ0) is 12.7. The largest absolute Gasteiger partial charge is 0.481 e. The molecule has 0 heterocycles. The molecule has 0 fully saturated rings. The Morgan fingerprint density at radius 2 is 1.13 bits per heavy atom. The van der Waals surface area contributed by atoms with Crippen LogP contribution in [-0.4, -0.2) is 58.7 Å². The number of carboxylic acids is 2. The van der Waals surface area contributed by atoms with Crippen LogP contribution in [0.1, 0.15) is 13.8 Å². The highest BCUT2D eigenvalue weighted by atomic mass is 16.4. The highest BCUT2D eigenvalue weighted by molar-refractivity contribution is 5.63. The van der Waals surface area contributed by atoms with Crippen LogP contribution in [-0.2, 0) is 9.59 Å². The number of aliphatic hydroxyl groups excluding tert-OH is 2. The molecule has 0 aliphatic carbocycles. The number of carbonyl (C=O) groups is 2. The molecule has 0 saturated heterocycles. The lowest BCUT2D eigenvalue weighted by atomic mass is 10.6. The summed E-state index contributed by atoms with van der Waals surface area (Å²) in [6, 6.07) is 0. The summed E-state index contributed by atoms with van der Waals surface area (Å²) in [6.45, 7) is 3.58. The minimum atomic E-state index is -0.833. The van der Waals surface area contributed by atoms with E-state index in [2.05, 4.69) is 5.32 Å². The number of nitrogens with one attached hydrogen (secondary N) is 1. The molecule has 7 nitrogen and oxygen atoms in total. The second-order valence-electron chi connectivity index (χ2n) is 2.24. The van der Waals surface area contributed by atoms with Gasteiger partial charge in [0.15, 0.2) is 0 Å². The third kappa shape index (κ3) is 189. The van der Waals surface area contributed by atoms with Gasteiger partial charge >= 0.3 is 0 Å². The normalized spacial score (nSPS) is 7.73. The molecule has 0 rings (SSSR count). The first-order valence-electron chi connectivity index (χ1n) is 4.20. The van der Waals surface area contributed by atoms with Crippen molar-refractivity contribution in [3.05, 3.63) is 0 Å². The third-order valence-corrected chi connectivity index (χ3v) is 0.577. The van der Waals surface area contributed by atoms with E-state index < -0.39 is 11.9 Å². The summed E-state index contributed by atoms with van der Waals surface area (Å²) in [5, 5.41) is 33.9. The van der Waals surface area contributed by atoms with Gasteiger partial charge in [-0.25, -0.2) is 0 Å². The van der Waals surface area contributed by atoms with Gasteiger partial charge in [-0.1, -0.05) is 0 Å². The van der Waals surface area contributed by atoms with Gasteiger partial charge in [0.1, 0.15) is 0 Å². The zero-order valence-corrected chi connectivity index (χ0v) is 8.93. The van der Waals surface area contributed by atoms with Gasteiger partial charge in [0, 0.05) is 26.9 Å². The molecular weight excluding hydrogens is 206 g/mol. The van der Waals surface area contributed by atoms with Crippen molar-refractivity contribution < 1.29 is 30.0 Å². The highest BCUT2D eigenvalue weighted by Crippen LogP contribution is 1.54. The lowest BCUT2D eigenvalue weighted by molar-refractivity contribution is -0.135. The maximum Gasteiger partial charge on any atom is 0.300 e. The van der Waals surface area contributed by atoms with Crippen molar-refractivity contribution in [3.8, 4) is 0 Å². The SMILES string of the molecule is CC(=O)O.CC(=O)O.OCCNCCO. The van der Waals surface area contributed by atoms with E-state index in [9.17, 15) is 0 Å². The first kappa shape index (κ1) is 19.4. The Balaban J connectivity index is -0.000000155. The molecule has 0 aromatic carbocycles. The van der Waals surface area contributed by atoms with Crippen molar-refractivity contribution in [1.29, 1.82) is 0 Å². The monoisotopic (exact) mass is 225 g/mol. The van der Waals surface area contributed by atoms with E-state index in [0.717, 1.165) is 13.8 Å². The molecule has 5 N–H and O–H groups in total. The van der Waals surface area contributed by atoms with Gasteiger partial charge < -0.3 is 25.7 Å². The molecule has 0 aromatic heterocycles. The van der Waals surface area contributed by atoms with Gasteiger partial charge in [-0.2, -0.15) is 0 Å². The second-order valence-corrected chi connectivity index (χ2v) is 2.24. The molecular formula is C8H19NO6. The summed E-state index contributed by atoms with van der Waals surface area (Å²) in [4.78, 5) is 18.0. The Kier molecular flexibility index (Phi) is 24.0. The molecule has 0 unspecified atom stereocenters. The summed E-state index contributed by atoms with van der Waals surface area (Å²) >= 11 is 0. The predicted molar refractivity (Wildman–Crippen MR) is 53.7 cm³/mol. The van der Waals surface area contributed by atoms with Crippen LogP contribution in [0.25, 0.3) is 0 Å². The molecule has 0 aromatic rings. The fraction of sp³-hybridized carbons (Fsp3) is 0.750. The minimum absolute atomic E-state index is 0.139. The summed E-state index contributed by atoms with van der Waals surface area (Å²) in [7, 11) is 0. The Morgan fingerprint density at radius 1 is 0.933 bits per heavy atom. The molecule has 0 radical (unpaired) electrons. The standard InChI is InChI=1S/C4H11NO2.2C2H4O2/c6-3-1-5-2-4-7;2*1-2(3)4/h5-7H,1-4H2;2*1H3,(H,3,4). The number of aliphatic hydroxyl groups is 2. The molecule has 0 amide bonds. The van der Waals surface area contributed by atoms with E-state index in [0.29, 0.717) is 13.1 Å².